The monoisotopic (exact) mass is 323 g/mol. The SMILES string of the molecule is CCCCCCOP(=O)(OCCCCCC)ON=C=S. The number of rotatable bonds is 14. The standard InChI is InChI=1S/C13H26NO4PS/c1-3-5-7-9-11-16-19(15,18-14-13-20)17-12-10-8-6-4-2/h3-12H2,1-2H3. The van der Waals surface area contributed by atoms with Crippen LogP contribution < -0.4 is 0 Å². The van der Waals surface area contributed by atoms with E-state index in [-0.39, 0.29) is 0 Å². The van der Waals surface area contributed by atoms with E-state index in [2.05, 4.69) is 31.2 Å². The molecule has 0 atom stereocenters. The molecule has 0 radical (unpaired) electrons. The lowest BCUT2D eigenvalue weighted by molar-refractivity contribution is 0.113. The molecule has 0 aromatic carbocycles. The van der Waals surface area contributed by atoms with Crippen molar-refractivity contribution in [3.8, 4) is 0 Å². The molecule has 0 aliphatic rings. The summed E-state index contributed by atoms with van der Waals surface area (Å²) in [6.45, 7) is 4.92. The normalized spacial score (nSPS) is 11.1. The topological polar surface area (TPSA) is 57.1 Å². The van der Waals surface area contributed by atoms with Crippen LogP contribution in [0.4, 0.5) is 0 Å². The molecule has 0 fully saturated rings. The van der Waals surface area contributed by atoms with Gasteiger partial charge in [-0.25, -0.2) is 4.57 Å². The fraction of sp³-hybridized carbons (Fsp3) is 0.923. The number of phosphoric ester groups is 1. The van der Waals surface area contributed by atoms with Crippen molar-refractivity contribution in [2.45, 2.75) is 65.2 Å². The second kappa shape index (κ2) is 13.7. The number of hydrogen-bond donors (Lipinski definition) is 0. The first-order valence-electron chi connectivity index (χ1n) is 7.33. The molecule has 0 bridgehead atoms. The van der Waals surface area contributed by atoms with Crippen molar-refractivity contribution in [1.82, 2.24) is 0 Å². The Morgan fingerprint density at radius 1 is 0.950 bits per heavy atom. The summed E-state index contributed by atoms with van der Waals surface area (Å²) in [4.78, 5) is 0. The van der Waals surface area contributed by atoms with E-state index in [0.717, 1.165) is 51.4 Å². The van der Waals surface area contributed by atoms with Crippen molar-refractivity contribution in [2.24, 2.45) is 5.16 Å². The molecule has 0 N–H and O–H groups in total. The summed E-state index contributed by atoms with van der Waals surface area (Å²) in [5, 5.41) is 5.22. The molecule has 0 unspecified atom stereocenters. The molecule has 0 spiro atoms. The molecule has 0 saturated heterocycles. The zero-order valence-electron chi connectivity index (χ0n) is 12.5. The minimum absolute atomic E-state index is 0.333. The Labute approximate surface area is 127 Å². The number of isothiocyanates is 1. The highest BCUT2D eigenvalue weighted by Gasteiger charge is 2.28. The summed E-state index contributed by atoms with van der Waals surface area (Å²) in [6, 6.07) is 0. The Kier molecular flexibility index (Phi) is 13.5. The quantitative estimate of drug-likeness (QED) is 0.142. The van der Waals surface area contributed by atoms with Crippen LogP contribution >= 0.6 is 20.0 Å². The van der Waals surface area contributed by atoms with Gasteiger partial charge in [0.05, 0.1) is 13.2 Å². The minimum atomic E-state index is -3.63. The van der Waals surface area contributed by atoms with Gasteiger partial charge >= 0.3 is 7.82 Å². The maximum atomic E-state index is 12.2. The number of hydrogen-bond acceptors (Lipinski definition) is 6. The maximum Gasteiger partial charge on any atom is 0.551 e. The molecule has 0 heterocycles. The summed E-state index contributed by atoms with van der Waals surface area (Å²) >= 11 is 4.39. The minimum Gasteiger partial charge on any atom is -0.283 e. The predicted octanol–water partition coefficient (Wildman–Crippen LogP) is 5.32. The van der Waals surface area contributed by atoms with Crippen molar-refractivity contribution in [1.29, 1.82) is 0 Å². The number of phosphoric acid groups is 1. The first-order valence-corrected chi connectivity index (χ1v) is 9.20. The predicted molar refractivity (Wildman–Crippen MR) is 83.9 cm³/mol. The number of nitrogens with zero attached hydrogens (tertiary/aromatic N) is 1. The molecule has 0 rings (SSSR count). The van der Waals surface area contributed by atoms with E-state index in [9.17, 15) is 4.57 Å². The largest absolute Gasteiger partial charge is 0.551 e. The summed E-state index contributed by atoms with van der Waals surface area (Å²) in [5.74, 6) is 0. The van der Waals surface area contributed by atoms with Gasteiger partial charge in [0.1, 0.15) is 5.16 Å². The third kappa shape index (κ3) is 11.6. The third-order valence-electron chi connectivity index (χ3n) is 2.67. The Morgan fingerprint density at radius 2 is 1.45 bits per heavy atom. The molecule has 0 aliphatic carbocycles. The van der Waals surface area contributed by atoms with Crippen molar-refractivity contribution in [3.63, 3.8) is 0 Å². The van der Waals surface area contributed by atoms with Gasteiger partial charge in [0.25, 0.3) is 0 Å². The molecule has 5 nitrogen and oxygen atoms in total. The van der Waals surface area contributed by atoms with E-state index in [1.807, 2.05) is 5.16 Å². The zero-order valence-corrected chi connectivity index (χ0v) is 14.2. The van der Waals surface area contributed by atoms with Crippen molar-refractivity contribution in [2.75, 3.05) is 13.2 Å². The fourth-order valence-corrected chi connectivity index (χ4v) is 2.67. The molecular formula is C13H26NO4PS. The van der Waals surface area contributed by atoms with Crippen LogP contribution in [-0.2, 0) is 18.2 Å². The van der Waals surface area contributed by atoms with Crippen LogP contribution in [0.1, 0.15) is 65.2 Å². The average molecular weight is 323 g/mol. The molecule has 0 aromatic rings. The Morgan fingerprint density at radius 3 is 1.85 bits per heavy atom. The highest BCUT2D eigenvalue weighted by atomic mass is 32.1. The molecule has 118 valence electrons. The van der Waals surface area contributed by atoms with Gasteiger partial charge in [0, 0.05) is 0 Å². The van der Waals surface area contributed by atoms with Crippen LogP contribution in [0.15, 0.2) is 5.16 Å². The highest BCUT2D eigenvalue weighted by Crippen LogP contribution is 2.49. The Hall–Kier alpha value is -0.250. The van der Waals surface area contributed by atoms with Gasteiger partial charge in [-0.3, -0.25) is 13.7 Å². The van der Waals surface area contributed by atoms with Crippen LogP contribution in [0.2, 0.25) is 0 Å². The average Bonchev–Trinajstić information content (AvgIpc) is 2.45. The second-order valence-corrected chi connectivity index (χ2v) is 6.26. The highest BCUT2D eigenvalue weighted by molar-refractivity contribution is 7.78. The smallest absolute Gasteiger partial charge is 0.283 e. The molecule has 20 heavy (non-hydrogen) atoms. The fourth-order valence-electron chi connectivity index (χ4n) is 1.56. The van der Waals surface area contributed by atoms with E-state index in [4.69, 9.17) is 13.7 Å². The van der Waals surface area contributed by atoms with Crippen molar-refractivity contribution < 1.29 is 18.2 Å². The summed E-state index contributed by atoms with van der Waals surface area (Å²) in [7, 11) is -3.63. The summed E-state index contributed by atoms with van der Waals surface area (Å²) < 4.78 is 27.3. The molecule has 0 aliphatic heterocycles. The molecule has 0 saturated carbocycles. The van der Waals surface area contributed by atoms with E-state index in [1.165, 1.54) is 0 Å². The van der Waals surface area contributed by atoms with Crippen LogP contribution in [0.25, 0.3) is 0 Å². The first kappa shape index (κ1) is 19.8. The molecule has 0 aromatic heterocycles. The van der Waals surface area contributed by atoms with Gasteiger partial charge < -0.3 is 0 Å². The number of thiocarbonyl (C=S) groups is 1. The van der Waals surface area contributed by atoms with E-state index < -0.39 is 7.82 Å². The summed E-state index contributed by atoms with van der Waals surface area (Å²) in [6.07, 6.45) is 8.24. The molecule has 0 amide bonds. The van der Waals surface area contributed by atoms with Crippen LogP contribution in [-0.4, -0.2) is 18.4 Å². The van der Waals surface area contributed by atoms with Gasteiger partial charge in [0.2, 0.25) is 0 Å². The van der Waals surface area contributed by atoms with Gasteiger partial charge in [-0.15, -0.1) is 0 Å². The lowest BCUT2D eigenvalue weighted by Gasteiger charge is -2.14. The van der Waals surface area contributed by atoms with E-state index in [0.29, 0.717) is 13.2 Å². The van der Waals surface area contributed by atoms with Crippen molar-refractivity contribution in [3.05, 3.63) is 0 Å². The third-order valence-corrected chi connectivity index (χ3v) is 4.03. The maximum absolute atomic E-state index is 12.2. The van der Waals surface area contributed by atoms with Gasteiger partial charge in [-0.1, -0.05) is 52.4 Å². The zero-order chi connectivity index (χ0) is 15.1. The number of unbranched alkanes of at least 4 members (excludes halogenated alkanes) is 6. The van der Waals surface area contributed by atoms with Gasteiger partial charge in [-0.05, 0) is 30.2 Å². The Balaban J connectivity index is 4.01. The van der Waals surface area contributed by atoms with E-state index >= 15 is 0 Å². The Bertz CT molecular complexity index is 303. The first-order chi connectivity index (χ1) is 9.68. The lowest BCUT2D eigenvalue weighted by Crippen LogP contribution is -2.01. The lowest BCUT2D eigenvalue weighted by atomic mass is 10.2. The van der Waals surface area contributed by atoms with E-state index in [1.54, 1.807) is 0 Å². The second-order valence-electron chi connectivity index (χ2n) is 4.50. The van der Waals surface area contributed by atoms with Crippen LogP contribution in [0.5, 0.6) is 0 Å². The van der Waals surface area contributed by atoms with Gasteiger partial charge in [-0.2, -0.15) is 0 Å². The van der Waals surface area contributed by atoms with Crippen LogP contribution in [0.3, 0.4) is 0 Å². The summed E-state index contributed by atoms with van der Waals surface area (Å²) in [5.41, 5.74) is 0. The van der Waals surface area contributed by atoms with Crippen LogP contribution in [0, 0.1) is 0 Å². The molecule has 7 heteroatoms. The van der Waals surface area contributed by atoms with Gasteiger partial charge in [0.15, 0.2) is 0 Å². The van der Waals surface area contributed by atoms with Crippen molar-refractivity contribution >= 4 is 25.2 Å². The molecular weight excluding hydrogens is 297 g/mol.